The van der Waals surface area contributed by atoms with Crippen LogP contribution in [0.5, 0.6) is 0 Å². The van der Waals surface area contributed by atoms with E-state index in [-0.39, 0.29) is 23.4 Å². The fraction of sp³-hybridized carbons (Fsp3) is 0.250. The van der Waals surface area contributed by atoms with Gasteiger partial charge in [-0.1, -0.05) is 11.6 Å². The third kappa shape index (κ3) is 4.94. The van der Waals surface area contributed by atoms with Crippen molar-refractivity contribution >= 4 is 41.2 Å². The molecular formula is C8H8ClN3O3S. The van der Waals surface area contributed by atoms with Crippen molar-refractivity contribution in [3.8, 4) is 0 Å². The molecule has 0 spiro atoms. The molecule has 6 nitrogen and oxygen atoms in total. The van der Waals surface area contributed by atoms with Crippen molar-refractivity contribution in [2.45, 2.75) is 0 Å². The summed E-state index contributed by atoms with van der Waals surface area (Å²) in [4.78, 5) is 28.9. The van der Waals surface area contributed by atoms with E-state index >= 15 is 0 Å². The third-order valence-electron chi connectivity index (χ3n) is 1.33. The van der Waals surface area contributed by atoms with Crippen molar-refractivity contribution in [2.75, 3.05) is 16.8 Å². The zero-order chi connectivity index (χ0) is 12.0. The highest BCUT2D eigenvalue weighted by atomic mass is 35.5. The summed E-state index contributed by atoms with van der Waals surface area (Å²) in [6.07, 6.45) is 2.71. The van der Waals surface area contributed by atoms with E-state index in [9.17, 15) is 9.59 Å². The number of amides is 1. The van der Waals surface area contributed by atoms with Gasteiger partial charge in [-0.25, -0.2) is 9.97 Å². The monoisotopic (exact) mass is 261 g/mol. The van der Waals surface area contributed by atoms with Crippen LogP contribution in [-0.2, 0) is 9.59 Å². The molecule has 1 rings (SSSR count). The van der Waals surface area contributed by atoms with Crippen molar-refractivity contribution in [1.82, 2.24) is 9.97 Å². The van der Waals surface area contributed by atoms with Gasteiger partial charge in [0.2, 0.25) is 11.9 Å². The maximum Gasteiger partial charge on any atom is 0.313 e. The Morgan fingerprint density at radius 1 is 1.38 bits per heavy atom. The summed E-state index contributed by atoms with van der Waals surface area (Å²) in [6.45, 7) is 0. The fourth-order valence-electron chi connectivity index (χ4n) is 0.769. The first-order valence-electron chi connectivity index (χ1n) is 4.15. The predicted octanol–water partition coefficient (Wildman–Crippen LogP) is 0.886. The Kier molecular flexibility index (Phi) is 5.00. The Labute approximate surface area is 100 Å². The van der Waals surface area contributed by atoms with Gasteiger partial charge in [-0.3, -0.25) is 14.9 Å². The van der Waals surface area contributed by atoms with Crippen LogP contribution in [0.15, 0.2) is 12.4 Å². The number of halogens is 1. The van der Waals surface area contributed by atoms with E-state index in [4.69, 9.17) is 16.7 Å². The van der Waals surface area contributed by atoms with E-state index in [2.05, 4.69) is 15.3 Å². The van der Waals surface area contributed by atoms with Crippen LogP contribution in [0.4, 0.5) is 5.95 Å². The molecule has 8 heteroatoms. The highest BCUT2D eigenvalue weighted by Gasteiger charge is 2.06. The lowest BCUT2D eigenvalue weighted by Gasteiger charge is -2.01. The molecule has 0 bridgehead atoms. The van der Waals surface area contributed by atoms with Gasteiger partial charge in [0.25, 0.3) is 0 Å². The van der Waals surface area contributed by atoms with Gasteiger partial charge < -0.3 is 5.11 Å². The molecule has 0 fully saturated rings. The number of hydrogen-bond donors (Lipinski definition) is 2. The molecule has 0 saturated carbocycles. The number of nitrogens with one attached hydrogen (secondary N) is 1. The molecule has 16 heavy (non-hydrogen) atoms. The number of rotatable bonds is 5. The molecule has 0 atom stereocenters. The van der Waals surface area contributed by atoms with Crippen molar-refractivity contribution in [1.29, 1.82) is 0 Å². The van der Waals surface area contributed by atoms with Crippen LogP contribution in [-0.4, -0.2) is 38.5 Å². The molecule has 0 aliphatic carbocycles. The molecule has 1 aromatic rings. The number of aliphatic carboxylic acids is 1. The lowest BCUT2D eigenvalue weighted by atomic mass is 10.6. The second-order valence-electron chi connectivity index (χ2n) is 2.66. The summed E-state index contributed by atoms with van der Waals surface area (Å²) < 4.78 is 0. The maximum atomic E-state index is 11.2. The Balaban J connectivity index is 2.34. The summed E-state index contributed by atoms with van der Waals surface area (Å²) in [5.74, 6) is -1.24. The van der Waals surface area contributed by atoms with Crippen LogP contribution < -0.4 is 5.32 Å². The number of anilines is 1. The average Bonchev–Trinajstić information content (AvgIpc) is 2.21. The topological polar surface area (TPSA) is 92.2 Å². The van der Waals surface area contributed by atoms with Crippen molar-refractivity contribution < 1.29 is 14.7 Å². The van der Waals surface area contributed by atoms with Gasteiger partial charge in [0.1, 0.15) is 0 Å². The largest absolute Gasteiger partial charge is 0.481 e. The van der Waals surface area contributed by atoms with Gasteiger partial charge in [0.05, 0.1) is 28.9 Å². The molecule has 0 aliphatic rings. The number of aromatic nitrogens is 2. The van der Waals surface area contributed by atoms with Crippen LogP contribution in [0.1, 0.15) is 0 Å². The summed E-state index contributed by atoms with van der Waals surface area (Å²) in [7, 11) is 0. The van der Waals surface area contributed by atoms with E-state index in [1.807, 2.05) is 0 Å². The summed E-state index contributed by atoms with van der Waals surface area (Å²) in [5.41, 5.74) is 0. The normalized spacial score (nSPS) is 9.81. The predicted molar refractivity (Wildman–Crippen MR) is 60.6 cm³/mol. The lowest BCUT2D eigenvalue weighted by molar-refractivity contribution is -0.133. The molecule has 2 N–H and O–H groups in total. The minimum atomic E-state index is -0.958. The van der Waals surface area contributed by atoms with Crippen LogP contribution in [0.25, 0.3) is 0 Å². The average molecular weight is 262 g/mol. The molecule has 0 aromatic carbocycles. The number of carboxylic acids is 1. The Bertz CT molecular complexity index is 385. The van der Waals surface area contributed by atoms with Crippen LogP contribution in [0.2, 0.25) is 5.02 Å². The molecule has 1 heterocycles. The number of carbonyl (C=O) groups is 2. The Morgan fingerprint density at radius 2 is 2.00 bits per heavy atom. The Morgan fingerprint density at radius 3 is 2.56 bits per heavy atom. The number of carboxylic acid groups (broad SMARTS) is 1. The molecular weight excluding hydrogens is 254 g/mol. The van der Waals surface area contributed by atoms with E-state index in [1.165, 1.54) is 12.4 Å². The van der Waals surface area contributed by atoms with Crippen LogP contribution >= 0.6 is 23.4 Å². The zero-order valence-electron chi connectivity index (χ0n) is 8.01. The lowest BCUT2D eigenvalue weighted by Crippen LogP contribution is -2.17. The summed E-state index contributed by atoms with van der Waals surface area (Å²) in [6, 6.07) is 0. The van der Waals surface area contributed by atoms with Crippen LogP contribution in [0.3, 0.4) is 0 Å². The highest BCUT2D eigenvalue weighted by Crippen LogP contribution is 2.06. The number of thioether (sulfide) groups is 1. The first-order valence-corrected chi connectivity index (χ1v) is 5.68. The van der Waals surface area contributed by atoms with Gasteiger partial charge in [0.15, 0.2) is 0 Å². The van der Waals surface area contributed by atoms with Crippen LogP contribution in [0, 0.1) is 0 Å². The Hall–Kier alpha value is -1.34. The summed E-state index contributed by atoms with van der Waals surface area (Å²) >= 11 is 6.56. The third-order valence-corrected chi connectivity index (χ3v) is 2.44. The van der Waals surface area contributed by atoms with E-state index < -0.39 is 5.97 Å². The molecule has 0 saturated heterocycles. The number of nitrogens with zero attached hydrogens (tertiary/aromatic N) is 2. The molecule has 0 radical (unpaired) electrons. The highest BCUT2D eigenvalue weighted by molar-refractivity contribution is 8.00. The van der Waals surface area contributed by atoms with Crippen molar-refractivity contribution in [3.63, 3.8) is 0 Å². The second kappa shape index (κ2) is 6.29. The van der Waals surface area contributed by atoms with Crippen molar-refractivity contribution in [2.24, 2.45) is 0 Å². The molecule has 0 aliphatic heterocycles. The van der Waals surface area contributed by atoms with Crippen molar-refractivity contribution in [3.05, 3.63) is 17.4 Å². The molecule has 1 aromatic heterocycles. The number of hydrogen-bond acceptors (Lipinski definition) is 5. The van der Waals surface area contributed by atoms with E-state index in [1.54, 1.807) is 0 Å². The van der Waals surface area contributed by atoms with Gasteiger partial charge in [-0.2, -0.15) is 0 Å². The van der Waals surface area contributed by atoms with Gasteiger partial charge in [0, 0.05) is 0 Å². The maximum absolute atomic E-state index is 11.2. The molecule has 1 amide bonds. The first-order chi connectivity index (χ1) is 7.58. The summed E-state index contributed by atoms with van der Waals surface area (Å²) in [5, 5.41) is 11.1. The smallest absolute Gasteiger partial charge is 0.313 e. The second-order valence-corrected chi connectivity index (χ2v) is 4.08. The minimum Gasteiger partial charge on any atom is -0.481 e. The SMILES string of the molecule is O=C(O)CSCC(=O)Nc1ncc(Cl)cn1. The van der Waals surface area contributed by atoms with Gasteiger partial charge in [-0.05, 0) is 0 Å². The first kappa shape index (κ1) is 12.7. The number of carbonyl (C=O) groups excluding carboxylic acids is 1. The fourth-order valence-corrected chi connectivity index (χ4v) is 1.40. The quantitative estimate of drug-likeness (QED) is 0.818. The minimum absolute atomic E-state index is 0.0400. The molecule has 86 valence electrons. The van der Waals surface area contributed by atoms with E-state index in [0.717, 1.165) is 11.8 Å². The zero-order valence-corrected chi connectivity index (χ0v) is 9.59. The van der Waals surface area contributed by atoms with E-state index in [0.29, 0.717) is 5.02 Å². The standard InChI is InChI=1S/C8H8ClN3O3S/c9-5-1-10-8(11-2-5)12-6(13)3-16-4-7(14)15/h1-2H,3-4H2,(H,14,15)(H,10,11,12,13). The molecule has 0 unspecified atom stereocenters. The van der Waals surface area contributed by atoms with Gasteiger partial charge >= 0.3 is 5.97 Å². The van der Waals surface area contributed by atoms with Gasteiger partial charge in [-0.15, -0.1) is 11.8 Å².